The van der Waals surface area contributed by atoms with Gasteiger partial charge in [0, 0.05) is 16.0 Å². The molecule has 34 heavy (non-hydrogen) atoms. The lowest BCUT2D eigenvalue weighted by Gasteiger charge is -2.16. The van der Waals surface area contributed by atoms with Gasteiger partial charge >= 0.3 is 0 Å². The van der Waals surface area contributed by atoms with Gasteiger partial charge in [0.2, 0.25) is 0 Å². The van der Waals surface area contributed by atoms with E-state index in [0.717, 1.165) is 11.1 Å². The van der Waals surface area contributed by atoms with Crippen molar-refractivity contribution in [2.45, 2.75) is 10.8 Å². The lowest BCUT2D eigenvalue weighted by molar-refractivity contribution is 0.470. The molecule has 4 N–H and O–H groups in total. The van der Waals surface area contributed by atoms with Gasteiger partial charge in [0.15, 0.2) is 5.96 Å². The summed E-state index contributed by atoms with van der Waals surface area (Å²) < 4.78 is 29.8. The SMILES string of the molecule is NC(N)=N/C(=N/S(=O)(=O)c1ccc(Cl)cc1)N1CC(c2ccccc2)C(c2ccc(Cl)cc2)=N1. The van der Waals surface area contributed by atoms with Crippen LogP contribution in [0.4, 0.5) is 0 Å². The lowest BCUT2D eigenvalue weighted by atomic mass is 9.91. The van der Waals surface area contributed by atoms with Crippen LogP contribution in [0.2, 0.25) is 10.0 Å². The number of rotatable bonds is 4. The van der Waals surface area contributed by atoms with Crippen LogP contribution in [-0.4, -0.2) is 37.6 Å². The number of hydrazone groups is 1. The van der Waals surface area contributed by atoms with Crippen molar-refractivity contribution in [2.75, 3.05) is 6.54 Å². The standard InChI is InChI=1S/C23H20Cl2N6O2S/c24-17-8-6-16(7-9-17)21-20(15-4-2-1-3-5-15)14-31(29-21)23(28-22(26)27)30-34(32,33)19-12-10-18(25)11-13-19/h1-13,20H,14H2,(H4,26,27,28,30). The molecule has 174 valence electrons. The molecular formula is C23H20Cl2N6O2S. The van der Waals surface area contributed by atoms with Crippen molar-refractivity contribution in [2.24, 2.45) is 26.0 Å². The molecule has 0 saturated carbocycles. The fourth-order valence-electron chi connectivity index (χ4n) is 3.46. The number of benzene rings is 3. The molecule has 8 nitrogen and oxygen atoms in total. The normalized spacial score (nSPS) is 16.3. The van der Waals surface area contributed by atoms with E-state index in [-0.39, 0.29) is 29.3 Å². The Labute approximate surface area is 207 Å². The summed E-state index contributed by atoms with van der Waals surface area (Å²) in [5.74, 6) is -0.795. The highest BCUT2D eigenvalue weighted by atomic mass is 35.5. The average molecular weight is 515 g/mol. The molecule has 3 aromatic carbocycles. The van der Waals surface area contributed by atoms with Gasteiger partial charge in [-0.05, 0) is 47.5 Å². The Balaban J connectivity index is 1.80. The molecule has 0 bridgehead atoms. The Hall–Kier alpha value is -3.40. The smallest absolute Gasteiger partial charge is 0.285 e. The molecule has 11 heteroatoms. The molecule has 1 aliphatic rings. The van der Waals surface area contributed by atoms with Gasteiger partial charge < -0.3 is 11.5 Å². The molecule has 0 saturated heterocycles. The Morgan fingerprint density at radius 2 is 1.50 bits per heavy atom. The summed E-state index contributed by atoms with van der Waals surface area (Å²) in [5.41, 5.74) is 13.7. The fraction of sp³-hybridized carbons (Fsp3) is 0.0870. The number of guanidine groups is 2. The van der Waals surface area contributed by atoms with E-state index in [1.54, 1.807) is 12.1 Å². The number of aliphatic imine (C=N–C) groups is 1. The Kier molecular flexibility index (Phi) is 6.87. The third-order valence-electron chi connectivity index (χ3n) is 5.03. The predicted molar refractivity (Wildman–Crippen MR) is 136 cm³/mol. The maximum Gasteiger partial charge on any atom is 0.285 e. The van der Waals surface area contributed by atoms with E-state index in [9.17, 15) is 8.42 Å². The van der Waals surface area contributed by atoms with Crippen LogP contribution in [0.5, 0.6) is 0 Å². The van der Waals surface area contributed by atoms with Crippen molar-refractivity contribution in [1.82, 2.24) is 5.01 Å². The first-order valence-corrected chi connectivity index (χ1v) is 12.3. The van der Waals surface area contributed by atoms with Crippen molar-refractivity contribution >= 4 is 50.9 Å². The van der Waals surface area contributed by atoms with Crippen LogP contribution in [-0.2, 0) is 10.0 Å². The highest BCUT2D eigenvalue weighted by Gasteiger charge is 2.32. The summed E-state index contributed by atoms with van der Waals surface area (Å²) in [6, 6.07) is 22.6. The van der Waals surface area contributed by atoms with Gasteiger partial charge in [-0.25, -0.2) is 5.01 Å². The number of halogens is 2. The highest BCUT2D eigenvalue weighted by Crippen LogP contribution is 2.30. The predicted octanol–water partition coefficient (Wildman–Crippen LogP) is 3.82. The van der Waals surface area contributed by atoms with Crippen molar-refractivity contribution in [1.29, 1.82) is 0 Å². The second-order valence-corrected chi connectivity index (χ2v) is 9.87. The Morgan fingerprint density at radius 3 is 2.09 bits per heavy atom. The highest BCUT2D eigenvalue weighted by molar-refractivity contribution is 7.90. The Morgan fingerprint density at radius 1 is 0.912 bits per heavy atom. The van der Waals surface area contributed by atoms with Crippen LogP contribution < -0.4 is 11.5 Å². The molecule has 1 atom stereocenters. The topological polar surface area (TPSA) is 126 Å². The van der Waals surface area contributed by atoms with E-state index >= 15 is 0 Å². The lowest BCUT2D eigenvalue weighted by Crippen LogP contribution is -2.31. The summed E-state index contributed by atoms with van der Waals surface area (Å²) in [7, 11) is -4.15. The van der Waals surface area contributed by atoms with Gasteiger partial charge in [0.25, 0.3) is 16.0 Å². The van der Waals surface area contributed by atoms with Gasteiger partial charge in [-0.15, -0.1) is 4.40 Å². The quantitative estimate of drug-likeness (QED) is 0.404. The summed E-state index contributed by atoms with van der Waals surface area (Å²) in [6.07, 6.45) is 0. The summed E-state index contributed by atoms with van der Waals surface area (Å²) in [4.78, 5) is 3.92. The minimum atomic E-state index is -4.15. The number of hydrogen-bond acceptors (Lipinski definition) is 3. The monoisotopic (exact) mass is 514 g/mol. The zero-order valence-corrected chi connectivity index (χ0v) is 20.0. The molecule has 0 aliphatic carbocycles. The third kappa shape index (κ3) is 5.39. The maximum atomic E-state index is 13.0. The maximum absolute atomic E-state index is 13.0. The Bertz CT molecular complexity index is 1370. The van der Waals surface area contributed by atoms with Gasteiger partial charge in [0.1, 0.15) is 0 Å². The van der Waals surface area contributed by atoms with Gasteiger partial charge in [-0.1, -0.05) is 65.7 Å². The van der Waals surface area contributed by atoms with E-state index in [1.807, 2.05) is 42.5 Å². The summed E-state index contributed by atoms with van der Waals surface area (Å²) >= 11 is 11.9. The van der Waals surface area contributed by atoms with Crippen molar-refractivity contribution < 1.29 is 8.42 Å². The van der Waals surface area contributed by atoms with Crippen molar-refractivity contribution in [3.63, 3.8) is 0 Å². The molecule has 4 rings (SSSR count). The van der Waals surface area contributed by atoms with Crippen molar-refractivity contribution in [3.05, 3.63) is 100 Å². The first kappa shape index (κ1) is 23.7. The van der Waals surface area contributed by atoms with E-state index < -0.39 is 10.0 Å². The molecule has 3 aromatic rings. The molecule has 0 amide bonds. The number of hydrogen-bond donors (Lipinski definition) is 2. The van der Waals surface area contributed by atoms with Gasteiger partial charge in [-0.2, -0.15) is 18.5 Å². The molecule has 0 radical (unpaired) electrons. The second-order valence-electron chi connectivity index (χ2n) is 7.39. The summed E-state index contributed by atoms with van der Waals surface area (Å²) in [6.45, 7) is 0.272. The van der Waals surface area contributed by atoms with Crippen molar-refractivity contribution in [3.8, 4) is 0 Å². The minimum Gasteiger partial charge on any atom is -0.370 e. The summed E-state index contributed by atoms with van der Waals surface area (Å²) in [5, 5.41) is 7.04. The van der Waals surface area contributed by atoms with E-state index in [0.29, 0.717) is 15.8 Å². The molecular weight excluding hydrogens is 495 g/mol. The van der Waals surface area contributed by atoms with Crippen LogP contribution in [0.1, 0.15) is 17.0 Å². The first-order valence-electron chi connectivity index (χ1n) is 10.1. The third-order valence-corrected chi connectivity index (χ3v) is 6.80. The zero-order chi connectivity index (χ0) is 24.3. The van der Waals surface area contributed by atoms with Crippen LogP contribution in [0.25, 0.3) is 0 Å². The number of nitrogens with zero attached hydrogens (tertiary/aromatic N) is 4. The second kappa shape index (κ2) is 9.84. The molecule has 1 unspecified atom stereocenters. The molecule has 0 aromatic heterocycles. The number of sulfonamides is 1. The molecule has 1 heterocycles. The molecule has 0 spiro atoms. The van der Waals surface area contributed by atoms with Crippen LogP contribution >= 0.6 is 23.2 Å². The van der Waals surface area contributed by atoms with Gasteiger partial charge in [-0.3, -0.25) is 0 Å². The van der Waals surface area contributed by atoms with E-state index in [1.165, 1.54) is 29.3 Å². The largest absolute Gasteiger partial charge is 0.370 e. The van der Waals surface area contributed by atoms with E-state index in [2.05, 4.69) is 14.5 Å². The number of nitrogens with two attached hydrogens (primary N) is 2. The zero-order valence-electron chi connectivity index (χ0n) is 17.7. The van der Waals surface area contributed by atoms with Crippen LogP contribution in [0.15, 0.2) is 98.2 Å². The first-order chi connectivity index (χ1) is 16.2. The average Bonchev–Trinajstić information content (AvgIpc) is 3.25. The molecule has 1 aliphatic heterocycles. The van der Waals surface area contributed by atoms with Crippen LogP contribution in [0.3, 0.4) is 0 Å². The van der Waals surface area contributed by atoms with Gasteiger partial charge in [0.05, 0.1) is 17.2 Å². The van der Waals surface area contributed by atoms with Crippen LogP contribution in [0, 0.1) is 0 Å². The minimum absolute atomic E-state index is 0.0547. The fourth-order valence-corrected chi connectivity index (χ4v) is 4.65. The van der Waals surface area contributed by atoms with E-state index in [4.69, 9.17) is 34.7 Å². The molecule has 0 fully saturated rings.